The standard InChI is InChI=1S/C16H27N3O3/c1-4-11(5-2)14-8-13(22-19-14)9-17-15(21)18-16(3,10-20)12-6-7-12/h8,11-12,20H,4-7,9-10H2,1-3H3,(H2,17,18,21). The van der Waals surface area contributed by atoms with Gasteiger partial charge in [-0.15, -0.1) is 0 Å². The molecule has 1 aliphatic rings. The zero-order valence-corrected chi connectivity index (χ0v) is 13.7. The second-order valence-corrected chi connectivity index (χ2v) is 6.39. The van der Waals surface area contributed by atoms with E-state index in [-0.39, 0.29) is 12.6 Å². The number of nitrogens with one attached hydrogen (secondary N) is 2. The third-order valence-electron chi connectivity index (χ3n) is 4.61. The van der Waals surface area contributed by atoms with Gasteiger partial charge in [-0.2, -0.15) is 0 Å². The van der Waals surface area contributed by atoms with Gasteiger partial charge < -0.3 is 20.3 Å². The summed E-state index contributed by atoms with van der Waals surface area (Å²) in [7, 11) is 0. The Morgan fingerprint density at radius 1 is 1.50 bits per heavy atom. The third-order valence-corrected chi connectivity index (χ3v) is 4.61. The van der Waals surface area contributed by atoms with Gasteiger partial charge in [0, 0.05) is 12.0 Å². The molecule has 1 fully saturated rings. The fourth-order valence-corrected chi connectivity index (χ4v) is 2.77. The van der Waals surface area contributed by atoms with Crippen LogP contribution in [0.25, 0.3) is 0 Å². The lowest BCUT2D eigenvalue weighted by atomic mass is 9.97. The van der Waals surface area contributed by atoms with Crippen molar-refractivity contribution in [1.82, 2.24) is 15.8 Å². The molecule has 1 saturated carbocycles. The maximum Gasteiger partial charge on any atom is 0.315 e. The molecule has 6 heteroatoms. The zero-order valence-electron chi connectivity index (χ0n) is 13.7. The molecule has 0 radical (unpaired) electrons. The highest BCUT2D eigenvalue weighted by Gasteiger charge is 2.42. The van der Waals surface area contributed by atoms with Gasteiger partial charge in [-0.1, -0.05) is 19.0 Å². The van der Waals surface area contributed by atoms with E-state index in [2.05, 4.69) is 29.6 Å². The highest BCUT2D eigenvalue weighted by Crippen LogP contribution is 2.39. The van der Waals surface area contributed by atoms with E-state index in [1.165, 1.54) is 0 Å². The van der Waals surface area contributed by atoms with E-state index in [4.69, 9.17) is 4.52 Å². The van der Waals surface area contributed by atoms with Gasteiger partial charge in [0.2, 0.25) is 0 Å². The molecule has 1 aromatic rings. The van der Waals surface area contributed by atoms with Gasteiger partial charge in [0.1, 0.15) is 0 Å². The lowest BCUT2D eigenvalue weighted by Crippen LogP contribution is -2.53. The topological polar surface area (TPSA) is 87.4 Å². The number of hydrogen-bond donors (Lipinski definition) is 3. The van der Waals surface area contributed by atoms with Gasteiger partial charge in [-0.3, -0.25) is 0 Å². The molecule has 1 aromatic heterocycles. The van der Waals surface area contributed by atoms with Crippen LogP contribution < -0.4 is 10.6 Å². The van der Waals surface area contributed by atoms with Crippen LogP contribution in [-0.2, 0) is 6.54 Å². The summed E-state index contributed by atoms with van der Waals surface area (Å²) in [5.41, 5.74) is 0.409. The number of aliphatic hydroxyl groups excluding tert-OH is 1. The minimum Gasteiger partial charge on any atom is -0.394 e. The molecular formula is C16H27N3O3. The Morgan fingerprint density at radius 3 is 2.73 bits per heavy atom. The second-order valence-electron chi connectivity index (χ2n) is 6.39. The van der Waals surface area contributed by atoms with Gasteiger partial charge in [-0.05, 0) is 38.5 Å². The van der Waals surface area contributed by atoms with Crippen LogP contribution in [0.15, 0.2) is 10.6 Å². The number of amides is 2. The first-order chi connectivity index (χ1) is 10.5. The summed E-state index contributed by atoms with van der Waals surface area (Å²) in [5, 5.41) is 19.2. The molecule has 0 aromatic carbocycles. The van der Waals surface area contributed by atoms with Crippen molar-refractivity contribution in [2.24, 2.45) is 5.92 Å². The van der Waals surface area contributed by atoms with Gasteiger partial charge in [0.25, 0.3) is 0 Å². The number of carbonyl (C=O) groups excluding carboxylic acids is 1. The first-order valence-electron chi connectivity index (χ1n) is 8.14. The number of aromatic nitrogens is 1. The number of urea groups is 1. The van der Waals surface area contributed by atoms with E-state index in [0.29, 0.717) is 24.1 Å². The van der Waals surface area contributed by atoms with Crippen molar-refractivity contribution in [3.63, 3.8) is 0 Å². The maximum absolute atomic E-state index is 12.0. The van der Waals surface area contributed by atoms with Gasteiger partial charge in [-0.25, -0.2) is 4.79 Å². The largest absolute Gasteiger partial charge is 0.394 e. The second kappa shape index (κ2) is 7.13. The Labute approximate surface area is 131 Å². The van der Waals surface area contributed by atoms with E-state index in [1.54, 1.807) is 0 Å². The number of nitrogens with zero attached hydrogens (tertiary/aromatic N) is 1. The maximum atomic E-state index is 12.0. The van der Waals surface area contributed by atoms with E-state index < -0.39 is 5.54 Å². The Bertz CT molecular complexity index is 495. The third kappa shape index (κ3) is 4.00. The molecular weight excluding hydrogens is 282 g/mol. The fraction of sp³-hybridized carbons (Fsp3) is 0.750. The molecule has 0 aliphatic heterocycles. The smallest absolute Gasteiger partial charge is 0.315 e. The molecule has 2 rings (SSSR count). The van der Waals surface area contributed by atoms with Gasteiger partial charge in [0.15, 0.2) is 5.76 Å². The SMILES string of the molecule is CCC(CC)c1cc(CNC(=O)NC(C)(CO)C2CC2)on1. The molecule has 6 nitrogen and oxygen atoms in total. The summed E-state index contributed by atoms with van der Waals surface area (Å²) in [6.45, 7) is 6.38. The van der Waals surface area contributed by atoms with Crippen molar-refractivity contribution < 1.29 is 14.4 Å². The summed E-state index contributed by atoms with van der Waals surface area (Å²) < 4.78 is 5.27. The molecule has 22 heavy (non-hydrogen) atoms. The molecule has 3 N–H and O–H groups in total. The minimum absolute atomic E-state index is 0.0494. The highest BCUT2D eigenvalue weighted by molar-refractivity contribution is 5.74. The van der Waals surface area contributed by atoms with E-state index in [0.717, 1.165) is 31.4 Å². The minimum atomic E-state index is -0.536. The van der Waals surface area contributed by atoms with Gasteiger partial charge in [0.05, 0.1) is 24.4 Å². The van der Waals surface area contributed by atoms with Crippen molar-refractivity contribution >= 4 is 6.03 Å². The molecule has 0 saturated heterocycles. The number of carbonyl (C=O) groups is 1. The van der Waals surface area contributed by atoms with Crippen LogP contribution in [-0.4, -0.2) is 28.4 Å². The first-order valence-corrected chi connectivity index (χ1v) is 8.14. The number of hydrogen-bond acceptors (Lipinski definition) is 4. The van der Waals surface area contributed by atoms with Crippen LogP contribution in [0.5, 0.6) is 0 Å². The number of aliphatic hydroxyl groups is 1. The molecule has 1 heterocycles. The zero-order chi connectivity index (χ0) is 16.2. The summed E-state index contributed by atoms with van der Waals surface area (Å²) in [6.07, 6.45) is 4.15. The van der Waals surface area contributed by atoms with Crippen molar-refractivity contribution in [1.29, 1.82) is 0 Å². The van der Waals surface area contributed by atoms with Crippen LogP contribution in [0.1, 0.15) is 63.8 Å². The fourth-order valence-electron chi connectivity index (χ4n) is 2.77. The molecule has 0 bridgehead atoms. The quantitative estimate of drug-likeness (QED) is 0.688. The van der Waals surface area contributed by atoms with E-state index in [9.17, 15) is 9.90 Å². The van der Waals surface area contributed by atoms with Crippen molar-refractivity contribution in [2.75, 3.05) is 6.61 Å². The highest BCUT2D eigenvalue weighted by atomic mass is 16.5. The summed E-state index contributed by atoms with van der Waals surface area (Å²) in [6, 6.07) is 1.62. The molecule has 1 unspecified atom stereocenters. The lowest BCUT2D eigenvalue weighted by Gasteiger charge is -2.28. The monoisotopic (exact) mass is 309 g/mol. The molecule has 2 amide bonds. The molecule has 0 spiro atoms. The average Bonchev–Trinajstić information content (AvgIpc) is 3.27. The Kier molecular flexibility index (Phi) is 5.45. The van der Waals surface area contributed by atoms with Crippen LogP contribution in [0, 0.1) is 5.92 Å². The van der Waals surface area contributed by atoms with Gasteiger partial charge >= 0.3 is 6.03 Å². The lowest BCUT2D eigenvalue weighted by molar-refractivity contribution is 0.155. The van der Waals surface area contributed by atoms with Crippen LogP contribution >= 0.6 is 0 Å². The summed E-state index contributed by atoms with van der Waals surface area (Å²) >= 11 is 0. The Morgan fingerprint density at radius 2 is 2.18 bits per heavy atom. The summed E-state index contributed by atoms with van der Waals surface area (Å²) in [4.78, 5) is 12.0. The van der Waals surface area contributed by atoms with Crippen molar-refractivity contribution in [3.05, 3.63) is 17.5 Å². The van der Waals surface area contributed by atoms with Crippen molar-refractivity contribution in [2.45, 2.75) is 64.5 Å². The van der Waals surface area contributed by atoms with Crippen LogP contribution in [0.3, 0.4) is 0 Å². The van der Waals surface area contributed by atoms with Crippen molar-refractivity contribution in [3.8, 4) is 0 Å². The normalized spacial score (nSPS) is 17.3. The predicted octanol–water partition coefficient (Wildman–Crippen LogP) is 2.54. The Hall–Kier alpha value is -1.56. The van der Waals surface area contributed by atoms with Crippen LogP contribution in [0.2, 0.25) is 0 Å². The molecule has 124 valence electrons. The Balaban J connectivity index is 1.83. The predicted molar refractivity (Wildman–Crippen MR) is 83.4 cm³/mol. The molecule has 1 aliphatic carbocycles. The molecule has 1 atom stereocenters. The number of rotatable bonds is 8. The average molecular weight is 309 g/mol. The first kappa shape index (κ1) is 16.8. The van der Waals surface area contributed by atoms with Crippen LogP contribution in [0.4, 0.5) is 4.79 Å². The summed E-state index contributed by atoms with van der Waals surface area (Å²) in [5.74, 6) is 1.42. The van der Waals surface area contributed by atoms with E-state index in [1.807, 2.05) is 13.0 Å². The van der Waals surface area contributed by atoms with E-state index >= 15 is 0 Å².